The zero-order valence-corrected chi connectivity index (χ0v) is 14.6. The molecule has 1 amide bonds. The van der Waals surface area contributed by atoms with Gasteiger partial charge in [0, 0.05) is 13.1 Å². The first-order valence-electron chi connectivity index (χ1n) is 6.95. The van der Waals surface area contributed by atoms with Crippen LogP contribution in [0.5, 0.6) is 0 Å². The van der Waals surface area contributed by atoms with E-state index in [1.54, 1.807) is 13.8 Å². The molecule has 0 fully saturated rings. The molecule has 1 unspecified atom stereocenters. The predicted molar refractivity (Wildman–Crippen MR) is 85.6 cm³/mol. The van der Waals surface area contributed by atoms with Crippen LogP contribution in [-0.4, -0.2) is 43.8 Å². The number of rotatable bonds is 7. The summed E-state index contributed by atoms with van der Waals surface area (Å²) in [5.74, 6) is -1.74. The fourth-order valence-electron chi connectivity index (χ4n) is 1.82. The number of carbonyl (C=O) groups excluding carboxylic acids is 2. The smallest absolute Gasteiger partial charge is 0.340 e. The molecule has 7 nitrogen and oxygen atoms in total. The van der Waals surface area contributed by atoms with E-state index in [9.17, 15) is 18.0 Å². The van der Waals surface area contributed by atoms with Crippen LogP contribution in [0.2, 0.25) is 5.02 Å². The van der Waals surface area contributed by atoms with Crippen LogP contribution in [0.3, 0.4) is 0 Å². The number of esters is 1. The van der Waals surface area contributed by atoms with E-state index in [2.05, 4.69) is 0 Å². The zero-order chi connectivity index (χ0) is 17.8. The summed E-state index contributed by atoms with van der Waals surface area (Å²) in [5, 5.41) is 0.0187. The Kier molecular flexibility index (Phi) is 6.55. The quantitative estimate of drug-likeness (QED) is 0.738. The molecule has 1 aromatic rings. The first-order valence-corrected chi connectivity index (χ1v) is 8.76. The molecule has 0 heterocycles. The normalized spacial score (nSPS) is 12.9. The third-order valence-corrected chi connectivity index (χ3v) is 5.56. The van der Waals surface area contributed by atoms with E-state index in [0.717, 1.165) is 6.07 Å². The molecule has 0 saturated heterocycles. The van der Waals surface area contributed by atoms with Crippen LogP contribution in [-0.2, 0) is 19.6 Å². The lowest BCUT2D eigenvalue weighted by Crippen LogP contribution is -2.31. The molecule has 0 aliphatic rings. The second-order valence-electron chi connectivity index (χ2n) is 4.68. The third-order valence-electron chi connectivity index (χ3n) is 3.19. The van der Waals surface area contributed by atoms with E-state index in [4.69, 9.17) is 22.1 Å². The number of sulfonamides is 1. The second kappa shape index (κ2) is 7.76. The highest BCUT2D eigenvalue weighted by Crippen LogP contribution is 2.24. The summed E-state index contributed by atoms with van der Waals surface area (Å²) in [6, 6.07) is 3.74. The van der Waals surface area contributed by atoms with Crippen LogP contribution in [0.1, 0.15) is 31.1 Å². The molecule has 0 aliphatic carbocycles. The Bertz CT molecular complexity index is 701. The van der Waals surface area contributed by atoms with Crippen molar-refractivity contribution in [3.63, 3.8) is 0 Å². The van der Waals surface area contributed by atoms with Crippen molar-refractivity contribution in [3.8, 4) is 0 Å². The molecule has 1 atom stereocenters. The van der Waals surface area contributed by atoms with Gasteiger partial charge in [0.1, 0.15) is 0 Å². The van der Waals surface area contributed by atoms with Crippen LogP contribution in [0.15, 0.2) is 23.1 Å². The second-order valence-corrected chi connectivity index (χ2v) is 7.03. The monoisotopic (exact) mass is 362 g/mol. The van der Waals surface area contributed by atoms with E-state index in [-0.39, 0.29) is 15.5 Å². The van der Waals surface area contributed by atoms with Gasteiger partial charge in [0.2, 0.25) is 10.0 Å². The summed E-state index contributed by atoms with van der Waals surface area (Å²) < 4.78 is 31.0. The molecular formula is C14H19ClN2O5S. The van der Waals surface area contributed by atoms with E-state index in [0.29, 0.717) is 13.1 Å². The number of primary amides is 1. The molecule has 128 valence electrons. The maximum atomic E-state index is 12.5. The number of nitrogens with two attached hydrogens (primary N) is 1. The van der Waals surface area contributed by atoms with Crippen LogP contribution in [0.25, 0.3) is 0 Å². The fourth-order valence-corrected chi connectivity index (χ4v) is 3.50. The van der Waals surface area contributed by atoms with Crippen molar-refractivity contribution >= 4 is 33.5 Å². The first-order chi connectivity index (χ1) is 10.6. The predicted octanol–water partition coefficient (Wildman–Crippen LogP) is 1.40. The largest absolute Gasteiger partial charge is 0.449 e. The summed E-state index contributed by atoms with van der Waals surface area (Å²) in [6.45, 7) is 5.31. The standard InChI is InChI=1S/C14H19ClN2O5S/c1-4-17(5-2)23(20,21)10-6-7-12(15)11(8-10)14(19)22-9(3)13(16)18/h6-9H,4-5H2,1-3H3,(H2,16,18). The molecule has 1 aromatic carbocycles. The van der Waals surface area contributed by atoms with Gasteiger partial charge in [-0.3, -0.25) is 4.79 Å². The van der Waals surface area contributed by atoms with Gasteiger partial charge in [-0.15, -0.1) is 0 Å². The number of ether oxygens (including phenoxy) is 1. The number of nitrogens with zero attached hydrogens (tertiary/aromatic N) is 1. The number of hydrogen-bond donors (Lipinski definition) is 1. The van der Waals surface area contributed by atoms with Gasteiger partial charge < -0.3 is 10.5 Å². The molecular weight excluding hydrogens is 344 g/mol. The maximum Gasteiger partial charge on any atom is 0.340 e. The Morgan fingerprint density at radius 3 is 2.35 bits per heavy atom. The van der Waals surface area contributed by atoms with Gasteiger partial charge in [-0.1, -0.05) is 25.4 Å². The summed E-state index contributed by atoms with van der Waals surface area (Å²) in [7, 11) is -3.74. The number of carbonyl (C=O) groups is 2. The fraction of sp³-hybridized carbons (Fsp3) is 0.429. The molecule has 0 saturated carbocycles. The van der Waals surface area contributed by atoms with Crippen molar-refractivity contribution in [3.05, 3.63) is 28.8 Å². The highest BCUT2D eigenvalue weighted by Gasteiger charge is 2.25. The highest BCUT2D eigenvalue weighted by molar-refractivity contribution is 7.89. The van der Waals surface area contributed by atoms with Gasteiger partial charge in [-0.2, -0.15) is 4.31 Å². The molecule has 0 bridgehead atoms. The SMILES string of the molecule is CCN(CC)S(=O)(=O)c1ccc(Cl)c(C(=O)OC(C)C(N)=O)c1. The van der Waals surface area contributed by atoms with Crippen molar-refractivity contribution in [1.29, 1.82) is 0 Å². The van der Waals surface area contributed by atoms with Gasteiger partial charge in [-0.05, 0) is 25.1 Å². The molecule has 2 N–H and O–H groups in total. The molecule has 23 heavy (non-hydrogen) atoms. The van der Waals surface area contributed by atoms with Gasteiger partial charge in [-0.25, -0.2) is 13.2 Å². The lowest BCUT2D eigenvalue weighted by atomic mass is 10.2. The molecule has 1 rings (SSSR count). The van der Waals surface area contributed by atoms with E-state index in [1.165, 1.54) is 23.4 Å². The molecule has 0 spiro atoms. The maximum absolute atomic E-state index is 12.5. The summed E-state index contributed by atoms with van der Waals surface area (Å²) in [4.78, 5) is 22.9. The van der Waals surface area contributed by atoms with Gasteiger partial charge in [0.25, 0.3) is 5.91 Å². The van der Waals surface area contributed by atoms with Crippen LogP contribution >= 0.6 is 11.6 Å². The van der Waals surface area contributed by atoms with Gasteiger partial charge in [0.05, 0.1) is 15.5 Å². The minimum Gasteiger partial charge on any atom is -0.449 e. The number of benzene rings is 1. The lowest BCUT2D eigenvalue weighted by Gasteiger charge is -2.19. The summed E-state index contributed by atoms with van der Waals surface area (Å²) >= 11 is 5.93. The topological polar surface area (TPSA) is 107 Å². The van der Waals surface area contributed by atoms with Crippen molar-refractivity contribution in [2.45, 2.75) is 31.8 Å². The van der Waals surface area contributed by atoms with E-state index >= 15 is 0 Å². The summed E-state index contributed by atoms with van der Waals surface area (Å²) in [6.07, 6.45) is -1.15. The minimum absolute atomic E-state index is 0.0187. The third kappa shape index (κ3) is 4.43. The molecule has 9 heteroatoms. The van der Waals surface area contributed by atoms with Crippen LogP contribution in [0, 0.1) is 0 Å². The molecule has 0 aliphatic heterocycles. The highest BCUT2D eigenvalue weighted by atomic mass is 35.5. The van der Waals surface area contributed by atoms with Crippen molar-refractivity contribution in [1.82, 2.24) is 4.31 Å². The molecule has 0 radical (unpaired) electrons. The Morgan fingerprint density at radius 2 is 1.87 bits per heavy atom. The van der Waals surface area contributed by atoms with E-state index in [1.807, 2.05) is 0 Å². The van der Waals surface area contributed by atoms with Crippen molar-refractivity contribution < 1.29 is 22.7 Å². The summed E-state index contributed by atoms with van der Waals surface area (Å²) in [5.41, 5.74) is 4.88. The Morgan fingerprint density at radius 1 is 1.30 bits per heavy atom. The molecule has 0 aromatic heterocycles. The Hall–Kier alpha value is -1.64. The minimum atomic E-state index is -3.74. The average Bonchev–Trinajstić information content (AvgIpc) is 2.48. The van der Waals surface area contributed by atoms with Crippen LogP contribution in [0.4, 0.5) is 0 Å². The van der Waals surface area contributed by atoms with Gasteiger partial charge >= 0.3 is 5.97 Å². The van der Waals surface area contributed by atoms with Crippen molar-refractivity contribution in [2.75, 3.05) is 13.1 Å². The number of hydrogen-bond acceptors (Lipinski definition) is 5. The lowest BCUT2D eigenvalue weighted by molar-refractivity contribution is -0.125. The van der Waals surface area contributed by atoms with Crippen molar-refractivity contribution in [2.24, 2.45) is 5.73 Å². The average molecular weight is 363 g/mol. The van der Waals surface area contributed by atoms with E-state index < -0.39 is 28.0 Å². The Balaban J connectivity index is 3.23. The number of amides is 1. The van der Waals surface area contributed by atoms with Gasteiger partial charge in [0.15, 0.2) is 6.10 Å². The Labute approximate surface area is 140 Å². The van der Waals surface area contributed by atoms with Crippen LogP contribution < -0.4 is 5.73 Å². The number of halogens is 1. The first kappa shape index (κ1) is 19.4. The zero-order valence-electron chi connectivity index (χ0n) is 13.1.